The molecule has 1 aromatic carbocycles. The first-order valence-electron chi connectivity index (χ1n) is 9.04. The van der Waals surface area contributed by atoms with E-state index >= 15 is 0 Å². The van der Waals surface area contributed by atoms with Crippen molar-refractivity contribution in [3.63, 3.8) is 0 Å². The molecule has 0 radical (unpaired) electrons. The van der Waals surface area contributed by atoms with Crippen LogP contribution in [0.5, 0.6) is 0 Å². The summed E-state index contributed by atoms with van der Waals surface area (Å²) in [6.07, 6.45) is 3.74. The molecule has 156 valence electrons. The van der Waals surface area contributed by atoms with Crippen LogP contribution in [0.2, 0.25) is 10.0 Å². The molecule has 0 atom stereocenters. The molecule has 1 aliphatic heterocycles. The largest absolute Gasteiger partial charge is 0.465 e. The summed E-state index contributed by atoms with van der Waals surface area (Å²) in [6.45, 7) is 6.15. The second-order valence-electron chi connectivity index (χ2n) is 6.98. The second kappa shape index (κ2) is 9.23. The van der Waals surface area contributed by atoms with Gasteiger partial charge in [0.1, 0.15) is 0 Å². The van der Waals surface area contributed by atoms with Crippen molar-refractivity contribution in [2.24, 2.45) is 4.99 Å². The Hall–Kier alpha value is -1.98. The highest BCUT2D eigenvalue weighted by Crippen LogP contribution is 2.34. The number of carbonyl (C=O) groups excluding carboxylic acids is 1. The highest BCUT2D eigenvalue weighted by atomic mass is 35.5. The van der Waals surface area contributed by atoms with E-state index in [1.165, 1.54) is 25.3 Å². The van der Waals surface area contributed by atoms with Gasteiger partial charge in [-0.2, -0.15) is 0 Å². The topological polar surface area (TPSA) is 38.7 Å². The van der Waals surface area contributed by atoms with Crippen LogP contribution in [0.15, 0.2) is 51.7 Å². The van der Waals surface area contributed by atoms with Gasteiger partial charge in [0.25, 0.3) is 5.92 Å². The number of halogens is 4. The molecule has 2 rings (SSSR count). The van der Waals surface area contributed by atoms with E-state index in [0.29, 0.717) is 29.0 Å². The summed E-state index contributed by atoms with van der Waals surface area (Å²) in [7, 11) is 1.28. The van der Waals surface area contributed by atoms with E-state index in [9.17, 15) is 13.6 Å². The Bertz CT molecular complexity index is 954. The lowest BCUT2D eigenvalue weighted by molar-refractivity contribution is 0.0600. The molecule has 0 unspecified atom stereocenters. The van der Waals surface area contributed by atoms with Gasteiger partial charge in [0.05, 0.1) is 17.7 Å². The van der Waals surface area contributed by atoms with Crippen molar-refractivity contribution >= 4 is 34.9 Å². The first-order valence-corrected chi connectivity index (χ1v) is 9.79. The summed E-state index contributed by atoms with van der Waals surface area (Å²) >= 11 is 12.7. The van der Waals surface area contributed by atoms with Gasteiger partial charge in [-0.05, 0) is 55.7 Å². The Morgan fingerprint density at radius 3 is 2.55 bits per heavy atom. The average Bonchev–Trinajstić information content (AvgIpc) is 3.02. The number of aliphatic imine (C=N–C) groups is 1. The van der Waals surface area contributed by atoms with Crippen LogP contribution in [0.3, 0.4) is 0 Å². The van der Waals surface area contributed by atoms with E-state index in [1.807, 2.05) is 6.92 Å². The van der Waals surface area contributed by atoms with Crippen LogP contribution in [0.4, 0.5) is 8.78 Å². The lowest BCUT2D eigenvalue weighted by Crippen LogP contribution is -2.13. The minimum atomic E-state index is -2.92. The van der Waals surface area contributed by atoms with Crippen LogP contribution < -0.4 is 0 Å². The maximum absolute atomic E-state index is 13.7. The van der Waals surface area contributed by atoms with Crippen molar-refractivity contribution < 1.29 is 18.3 Å². The number of rotatable bonds is 6. The number of hydrogen-bond acceptors (Lipinski definition) is 3. The van der Waals surface area contributed by atoms with Gasteiger partial charge in [-0.1, -0.05) is 29.3 Å². The molecule has 0 bridgehead atoms. The number of methoxy groups -OCH3 is 1. The van der Waals surface area contributed by atoms with Crippen LogP contribution in [0, 0.1) is 0 Å². The molecule has 0 saturated carbocycles. The SMILES string of the molecule is C/C=C(\C=C(\C)C1=NC(Cc2c(Cl)ccc(C(=O)OC)c2Cl)=C(C)C1)C(C)(F)F. The molecule has 3 nitrogen and oxygen atoms in total. The lowest BCUT2D eigenvalue weighted by atomic mass is 10.0. The lowest BCUT2D eigenvalue weighted by Gasteiger charge is -2.12. The molecule has 0 N–H and O–H groups in total. The van der Waals surface area contributed by atoms with E-state index in [0.717, 1.165) is 23.9 Å². The van der Waals surface area contributed by atoms with Gasteiger partial charge < -0.3 is 4.74 Å². The van der Waals surface area contributed by atoms with Gasteiger partial charge in [0, 0.05) is 41.8 Å². The summed E-state index contributed by atoms with van der Waals surface area (Å²) in [6, 6.07) is 3.11. The smallest absolute Gasteiger partial charge is 0.339 e. The van der Waals surface area contributed by atoms with Crippen LogP contribution in [0.25, 0.3) is 0 Å². The predicted octanol–water partition coefficient (Wildman–Crippen LogP) is 6.99. The number of allylic oxidation sites excluding steroid dienone is 6. The summed E-state index contributed by atoms with van der Waals surface area (Å²) in [5.74, 6) is -3.47. The van der Waals surface area contributed by atoms with Crippen molar-refractivity contribution in [3.05, 3.63) is 67.9 Å². The highest BCUT2D eigenvalue weighted by Gasteiger charge is 2.26. The molecule has 1 heterocycles. The fourth-order valence-corrected chi connectivity index (χ4v) is 3.63. The maximum Gasteiger partial charge on any atom is 0.339 e. The quantitative estimate of drug-likeness (QED) is 0.352. The number of carbonyl (C=O) groups is 1. The van der Waals surface area contributed by atoms with Crippen molar-refractivity contribution in [3.8, 4) is 0 Å². The maximum atomic E-state index is 13.7. The van der Waals surface area contributed by atoms with Crippen molar-refractivity contribution in [2.75, 3.05) is 7.11 Å². The third-order valence-electron chi connectivity index (χ3n) is 4.78. The van der Waals surface area contributed by atoms with Crippen LogP contribution in [0.1, 0.15) is 50.0 Å². The molecule has 0 spiro atoms. The summed E-state index contributed by atoms with van der Waals surface area (Å²) in [4.78, 5) is 16.5. The molecule has 0 fully saturated rings. The zero-order valence-corrected chi connectivity index (χ0v) is 18.5. The number of benzene rings is 1. The molecule has 29 heavy (non-hydrogen) atoms. The van der Waals surface area contributed by atoms with Gasteiger partial charge in [-0.15, -0.1) is 0 Å². The average molecular weight is 442 g/mol. The summed E-state index contributed by atoms with van der Waals surface area (Å²) in [5, 5.41) is 0.642. The first kappa shape index (κ1) is 23.3. The Balaban J connectivity index is 2.35. The van der Waals surface area contributed by atoms with Crippen molar-refractivity contribution in [1.29, 1.82) is 0 Å². The number of alkyl halides is 2. The van der Waals surface area contributed by atoms with E-state index in [1.54, 1.807) is 19.9 Å². The molecule has 0 saturated heterocycles. The molecule has 1 aromatic rings. The minimum absolute atomic E-state index is 0.0549. The first-order chi connectivity index (χ1) is 13.5. The number of hydrogen-bond donors (Lipinski definition) is 0. The van der Waals surface area contributed by atoms with Crippen molar-refractivity contribution in [1.82, 2.24) is 0 Å². The minimum Gasteiger partial charge on any atom is -0.465 e. The van der Waals surface area contributed by atoms with E-state index in [4.69, 9.17) is 27.9 Å². The van der Waals surface area contributed by atoms with E-state index in [-0.39, 0.29) is 16.2 Å². The van der Waals surface area contributed by atoms with Crippen LogP contribution in [-0.2, 0) is 11.2 Å². The fraction of sp³-hybridized carbons (Fsp3) is 0.364. The molecular formula is C22H23Cl2F2NO2. The van der Waals surface area contributed by atoms with Gasteiger partial charge in [-0.3, -0.25) is 4.99 Å². The number of nitrogens with zero attached hydrogens (tertiary/aromatic N) is 1. The second-order valence-corrected chi connectivity index (χ2v) is 7.76. The summed E-state index contributed by atoms with van der Waals surface area (Å²) in [5.41, 5.74) is 3.89. The molecule has 0 aromatic heterocycles. The molecule has 0 amide bonds. The molecular weight excluding hydrogens is 419 g/mol. The third-order valence-corrected chi connectivity index (χ3v) is 5.56. The van der Waals surface area contributed by atoms with Gasteiger partial charge in [0.15, 0.2) is 0 Å². The predicted molar refractivity (Wildman–Crippen MR) is 114 cm³/mol. The zero-order chi connectivity index (χ0) is 21.9. The van der Waals surface area contributed by atoms with Crippen LogP contribution >= 0.6 is 23.2 Å². The number of ether oxygens (including phenoxy) is 1. The third kappa shape index (κ3) is 5.34. The molecule has 0 aliphatic carbocycles. The Morgan fingerprint density at radius 1 is 1.34 bits per heavy atom. The molecule has 7 heteroatoms. The summed E-state index contributed by atoms with van der Waals surface area (Å²) < 4.78 is 32.1. The monoisotopic (exact) mass is 441 g/mol. The molecule has 1 aliphatic rings. The zero-order valence-electron chi connectivity index (χ0n) is 17.0. The normalized spacial score (nSPS) is 15.7. The van der Waals surface area contributed by atoms with Crippen LogP contribution in [-0.4, -0.2) is 24.7 Å². The Kier molecular flexibility index (Phi) is 7.41. The highest BCUT2D eigenvalue weighted by molar-refractivity contribution is 6.38. The van der Waals surface area contributed by atoms with Crippen molar-refractivity contribution in [2.45, 2.75) is 46.5 Å². The van der Waals surface area contributed by atoms with Gasteiger partial charge >= 0.3 is 5.97 Å². The Labute approximate surface area is 179 Å². The number of esters is 1. The van der Waals surface area contributed by atoms with Gasteiger partial charge in [0.2, 0.25) is 0 Å². The van der Waals surface area contributed by atoms with Gasteiger partial charge in [-0.25, -0.2) is 13.6 Å². The Morgan fingerprint density at radius 2 is 2.00 bits per heavy atom. The fourth-order valence-electron chi connectivity index (χ4n) is 3.04. The van der Waals surface area contributed by atoms with E-state index in [2.05, 4.69) is 4.99 Å². The van der Waals surface area contributed by atoms with E-state index < -0.39 is 11.9 Å². The standard InChI is InChI=1S/C22H23Cl2F2NO2/c1-6-14(22(4,25)26)9-12(2)18-10-13(3)19(27-18)11-16-17(23)8-7-15(20(16)24)21(28)29-5/h6-9H,10-11H2,1-5H3/b12-9-,14-6+.